The highest BCUT2D eigenvalue weighted by atomic mass is 32.1. The first-order valence-electron chi connectivity index (χ1n) is 15.4. The molecule has 1 fully saturated rings. The highest BCUT2D eigenvalue weighted by Gasteiger charge is 2.37. The average molecular weight is 631 g/mol. The van der Waals surface area contributed by atoms with Crippen LogP contribution in [-0.4, -0.2) is 98.9 Å². The van der Waals surface area contributed by atoms with Crippen LogP contribution >= 0.6 is 11.3 Å². The van der Waals surface area contributed by atoms with E-state index in [1.165, 1.54) is 11.3 Å². The first-order valence-corrected chi connectivity index (χ1v) is 16.3. The van der Waals surface area contributed by atoms with Crippen LogP contribution in [0.25, 0.3) is 0 Å². The molecule has 5 N–H and O–H groups in total. The minimum Gasteiger partial charge on any atom is -0.465 e. The van der Waals surface area contributed by atoms with E-state index >= 15 is 0 Å². The highest BCUT2D eigenvalue weighted by Crippen LogP contribution is 2.23. The minimum atomic E-state index is -1.22. The van der Waals surface area contributed by atoms with Crippen LogP contribution in [0, 0.1) is 5.92 Å². The number of thiazole rings is 1. The van der Waals surface area contributed by atoms with E-state index in [0.717, 1.165) is 15.5 Å². The Labute approximate surface area is 265 Å². The molecule has 0 unspecified atom stereocenters. The maximum atomic E-state index is 13.9. The number of aliphatic hydroxyl groups is 1. The summed E-state index contributed by atoms with van der Waals surface area (Å²) < 4.78 is 0. The van der Waals surface area contributed by atoms with Gasteiger partial charge in [-0.25, -0.2) is 9.78 Å². The quantitative estimate of drug-likeness (QED) is 0.227. The molecule has 12 heteroatoms. The molecule has 4 atom stereocenters. The van der Waals surface area contributed by atoms with Crippen molar-refractivity contribution in [3.8, 4) is 0 Å². The number of benzene rings is 1. The van der Waals surface area contributed by atoms with Crippen LogP contribution < -0.4 is 16.0 Å². The van der Waals surface area contributed by atoms with Crippen molar-refractivity contribution in [3.63, 3.8) is 0 Å². The van der Waals surface area contributed by atoms with Gasteiger partial charge in [-0.15, -0.1) is 11.3 Å². The number of hydrogen-bond donors (Lipinski definition) is 5. The van der Waals surface area contributed by atoms with Gasteiger partial charge in [0.1, 0.15) is 12.1 Å². The summed E-state index contributed by atoms with van der Waals surface area (Å²) >= 11 is 1.48. The number of carbonyl (C=O) groups excluding carboxylic acids is 2. The van der Waals surface area contributed by atoms with Gasteiger partial charge >= 0.3 is 6.09 Å². The first kappa shape index (κ1) is 35.4. The summed E-state index contributed by atoms with van der Waals surface area (Å²) in [6, 6.07) is 7.32. The number of carbonyl (C=O) groups is 3. The molecule has 1 aliphatic rings. The fraction of sp³-hybridized carbons (Fsp3) is 0.625. The standard InChI is InChI=1S/C32H50N6O5S/c1-20(2)27(38(31(42)43)17-23-19-44-30(34-23)21(3)4)29(41)35-24(15-22-11-9-8-10-12-22)26(39)18-37-14-13-33-16-25(37)28(40)36-32(5,6)7/h8-12,19-21,24-27,33,39H,13-18H2,1-7H3,(H,35,41)(H,36,40)(H,42,43)/t24-,25-,26-,27-/m0/s1. The van der Waals surface area contributed by atoms with Crippen LogP contribution in [-0.2, 0) is 22.6 Å². The largest absolute Gasteiger partial charge is 0.465 e. The van der Waals surface area contributed by atoms with Gasteiger partial charge < -0.3 is 26.2 Å². The summed E-state index contributed by atoms with van der Waals surface area (Å²) in [5.41, 5.74) is 1.11. The molecule has 3 amide bonds. The van der Waals surface area contributed by atoms with Crippen LogP contribution in [0.5, 0.6) is 0 Å². The van der Waals surface area contributed by atoms with Gasteiger partial charge in [-0.3, -0.25) is 19.4 Å². The van der Waals surface area contributed by atoms with Gasteiger partial charge in [0.05, 0.1) is 29.4 Å². The van der Waals surface area contributed by atoms with E-state index in [1.54, 1.807) is 0 Å². The zero-order chi connectivity index (χ0) is 32.6. The number of aliphatic hydroxyl groups excluding tert-OH is 1. The summed E-state index contributed by atoms with van der Waals surface area (Å²) in [6.07, 6.45) is -1.91. The van der Waals surface area contributed by atoms with Gasteiger partial charge in [0.2, 0.25) is 11.8 Å². The first-order chi connectivity index (χ1) is 20.7. The summed E-state index contributed by atoms with van der Waals surface area (Å²) in [4.78, 5) is 47.2. The number of β-amino-alcohol motifs (C(OH)–C–C–N with tert-alkyl or cyclic N) is 1. The molecule has 0 saturated carbocycles. The molecule has 0 bridgehead atoms. The smallest absolute Gasteiger partial charge is 0.408 e. The Morgan fingerprint density at radius 1 is 1.16 bits per heavy atom. The van der Waals surface area contributed by atoms with Gasteiger partial charge in [-0.1, -0.05) is 58.0 Å². The van der Waals surface area contributed by atoms with E-state index in [1.807, 2.05) is 89.1 Å². The van der Waals surface area contributed by atoms with Crippen molar-refractivity contribution >= 4 is 29.2 Å². The number of hydrogen-bond acceptors (Lipinski definition) is 8. The van der Waals surface area contributed by atoms with Crippen molar-refractivity contribution in [2.45, 2.75) is 97.1 Å². The highest BCUT2D eigenvalue weighted by molar-refractivity contribution is 7.09. The van der Waals surface area contributed by atoms with Gasteiger partial charge in [-0.05, 0) is 38.7 Å². The Kier molecular flexibility index (Phi) is 12.7. The molecule has 1 aromatic carbocycles. The van der Waals surface area contributed by atoms with E-state index in [4.69, 9.17) is 0 Å². The van der Waals surface area contributed by atoms with Crippen molar-refractivity contribution < 1.29 is 24.6 Å². The number of carboxylic acid groups (broad SMARTS) is 1. The van der Waals surface area contributed by atoms with E-state index in [0.29, 0.717) is 31.7 Å². The van der Waals surface area contributed by atoms with Crippen molar-refractivity contribution in [2.24, 2.45) is 5.92 Å². The summed E-state index contributed by atoms with van der Waals surface area (Å²) in [5, 5.41) is 33.9. The fourth-order valence-electron chi connectivity index (χ4n) is 5.39. The summed E-state index contributed by atoms with van der Waals surface area (Å²) in [5.74, 6) is -0.738. The lowest BCUT2D eigenvalue weighted by molar-refractivity contribution is -0.131. The second-order valence-corrected chi connectivity index (χ2v) is 14.1. The maximum Gasteiger partial charge on any atom is 0.408 e. The Hall–Kier alpha value is -3.06. The van der Waals surface area contributed by atoms with E-state index in [9.17, 15) is 24.6 Å². The lowest BCUT2D eigenvalue weighted by Crippen LogP contribution is -2.63. The van der Waals surface area contributed by atoms with Crippen LogP contribution in [0.3, 0.4) is 0 Å². The third-order valence-corrected chi connectivity index (χ3v) is 8.74. The van der Waals surface area contributed by atoms with Crippen LogP contribution in [0.1, 0.15) is 70.6 Å². The normalized spacial score (nSPS) is 18.1. The molecule has 0 spiro atoms. The van der Waals surface area contributed by atoms with Crippen LogP contribution in [0.2, 0.25) is 0 Å². The molecule has 11 nitrogen and oxygen atoms in total. The predicted octanol–water partition coefficient (Wildman–Crippen LogP) is 3.05. The monoisotopic (exact) mass is 630 g/mol. The molecule has 2 aromatic rings. The topological polar surface area (TPSA) is 147 Å². The third kappa shape index (κ3) is 10.3. The third-order valence-electron chi connectivity index (χ3n) is 7.54. The summed E-state index contributed by atoms with van der Waals surface area (Å²) in [6.45, 7) is 15.3. The maximum absolute atomic E-state index is 13.9. The Morgan fingerprint density at radius 3 is 2.41 bits per heavy atom. The predicted molar refractivity (Wildman–Crippen MR) is 173 cm³/mol. The van der Waals surface area contributed by atoms with Gasteiger partial charge in [0.25, 0.3) is 0 Å². The molecule has 2 heterocycles. The number of amides is 3. The van der Waals surface area contributed by atoms with Crippen LogP contribution in [0.4, 0.5) is 4.79 Å². The van der Waals surface area contributed by atoms with E-state index in [-0.39, 0.29) is 30.8 Å². The lowest BCUT2D eigenvalue weighted by Gasteiger charge is -2.39. The van der Waals surface area contributed by atoms with Gasteiger partial charge in [-0.2, -0.15) is 0 Å². The van der Waals surface area contributed by atoms with Crippen molar-refractivity contribution in [1.29, 1.82) is 0 Å². The molecule has 244 valence electrons. The number of nitrogens with zero attached hydrogens (tertiary/aromatic N) is 3. The fourth-order valence-corrected chi connectivity index (χ4v) is 6.21. The number of aromatic nitrogens is 1. The van der Waals surface area contributed by atoms with Gasteiger partial charge in [0, 0.05) is 43.0 Å². The number of piperazine rings is 1. The Morgan fingerprint density at radius 2 is 1.84 bits per heavy atom. The molecule has 0 aliphatic carbocycles. The zero-order valence-electron chi connectivity index (χ0n) is 27.0. The molecule has 1 aliphatic heterocycles. The number of nitrogens with one attached hydrogen (secondary N) is 3. The zero-order valence-corrected chi connectivity index (χ0v) is 27.9. The van der Waals surface area contributed by atoms with Crippen molar-refractivity contribution in [2.75, 3.05) is 26.2 Å². The molecule has 44 heavy (non-hydrogen) atoms. The van der Waals surface area contributed by atoms with Crippen molar-refractivity contribution in [3.05, 3.63) is 52.0 Å². The molecule has 1 aromatic heterocycles. The molecular formula is C32H50N6O5S. The lowest BCUT2D eigenvalue weighted by atomic mass is 9.97. The van der Waals surface area contributed by atoms with Crippen LogP contribution in [0.15, 0.2) is 35.7 Å². The minimum absolute atomic E-state index is 0.0218. The molecule has 0 radical (unpaired) electrons. The Balaban J connectivity index is 1.84. The molecular weight excluding hydrogens is 580 g/mol. The second-order valence-electron chi connectivity index (χ2n) is 13.3. The Bertz CT molecular complexity index is 1230. The number of rotatable bonds is 13. The molecule has 3 rings (SSSR count). The van der Waals surface area contributed by atoms with Gasteiger partial charge in [0.15, 0.2) is 0 Å². The van der Waals surface area contributed by atoms with E-state index < -0.39 is 41.8 Å². The SMILES string of the molecule is CC(C)c1nc(CN(C(=O)O)[C@H](C(=O)N[C@@H](Cc2ccccc2)[C@@H](O)CN2CCNC[C@H]2C(=O)NC(C)(C)C)C(C)C)cs1. The summed E-state index contributed by atoms with van der Waals surface area (Å²) in [7, 11) is 0. The second kappa shape index (κ2) is 15.8. The van der Waals surface area contributed by atoms with Crippen molar-refractivity contribution in [1.82, 2.24) is 30.7 Å². The molecule has 1 saturated heterocycles. The van der Waals surface area contributed by atoms with E-state index in [2.05, 4.69) is 20.9 Å². The average Bonchev–Trinajstić information content (AvgIpc) is 3.41.